The molecule has 0 aliphatic carbocycles. The molecule has 2 bridgehead atoms. The molecule has 1 amide bonds. The van der Waals surface area contributed by atoms with Gasteiger partial charge in [0.1, 0.15) is 5.75 Å². The summed E-state index contributed by atoms with van der Waals surface area (Å²) in [5.41, 5.74) is 1.64. The van der Waals surface area contributed by atoms with Crippen LogP contribution in [0.25, 0.3) is 0 Å². The summed E-state index contributed by atoms with van der Waals surface area (Å²) in [6.07, 6.45) is 4.08. The largest absolute Gasteiger partial charge is 0.506 e. The van der Waals surface area contributed by atoms with Crippen LogP contribution < -0.4 is 10.6 Å². The number of amides is 1. The summed E-state index contributed by atoms with van der Waals surface area (Å²) in [6, 6.07) is 6.21. The molecule has 4 heteroatoms. The fourth-order valence-electron chi connectivity index (χ4n) is 3.24. The molecule has 0 radical (unpaired) electrons. The molecular weight excluding hydrogens is 240 g/mol. The van der Waals surface area contributed by atoms with Crippen LogP contribution in [0.3, 0.4) is 0 Å². The van der Waals surface area contributed by atoms with E-state index in [1.807, 2.05) is 12.1 Å². The van der Waals surface area contributed by atoms with Gasteiger partial charge < -0.3 is 15.7 Å². The van der Waals surface area contributed by atoms with E-state index in [9.17, 15) is 9.90 Å². The SMILES string of the molecule is CCc1ccc(O)c(NC(=O)C2CC3CCC2N3)c1. The summed E-state index contributed by atoms with van der Waals surface area (Å²) in [5.74, 6) is 0.216. The number of phenolic OH excluding ortho intramolecular Hbond substituents is 1. The summed E-state index contributed by atoms with van der Waals surface area (Å²) in [7, 11) is 0. The number of benzene rings is 1. The molecule has 19 heavy (non-hydrogen) atoms. The molecule has 3 atom stereocenters. The summed E-state index contributed by atoms with van der Waals surface area (Å²) in [6.45, 7) is 2.05. The number of carbonyl (C=O) groups is 1. The molecule has 2 aliphatic heterocycles. The Hall–Kier alpha value is -1.55. The van der Waals surface area contributed by atoms with Crippen LogP contribution in [0.1, 0.15) is 31.7 Å². The van der Waals surface area contributed by atoms with Gasteiger partial charge in [-0.25, -0.2) is 0 Å². The second-order valence-electron chi connectivity index (χ2n) is 5.58. The van der Waals surface area contributed by atoms with Crippen molar-refractivity contribution in [3.8, 4) is 5.75 Å². The number of anilines is 1. The number of fused-ring (bicyclic) bond motifs is 2. The maximum atomic E-state index is 12.3. The molecule has 102 valence electrons. The molecule has 4 nitrogen and oxygen atoms in total. The highest BCUT2D eigenvalue weighted by atomic mass is 16.3. The Morgan fingerprint density at radius 3 is 2.95 bits per heavy atom. The van der Waals surface area contributed by atoms with Gasteiger partial charge in [-0.15, -0.1) is 0 Å². The van der Waals surface area contributed by atoms with Gasteiger partial charge in [0.2, 0.25) is 5.91 Å². The van der Waals surface area contributed by atoms with Crippen molar-refractivity contribution in [2.24, 2.45) is 5.92 Å². The Morgan fingerprint density at radius 1 is 1.47 bits per heavy atom. The zero-order chi connectivity index (χ0) is 13.4. The third-order valence-electron chi connectivity index (χ3n) is 4.36. The van der Waals surface area contributed by atoms with Crippen LogP contribution in [-0.2, 0) is 11.2 Å². The maximum Gasteiger partial charge on any atom is 0.229 e. The van der Waals surface area contributed by atoms with Gasteiger partial charge in [-0.1, -0.05) is 13.0 Å². The first-order valence-corrected chi connectivity index (χ1v) is 7.06. The van der Waals surface area contributed by atoms with Crippen LogP contribution in [0.4, 0.5) is 5.69 Å². The Labute approximate surface area is 113 Å². The minimum atomic E-state index is 0.0308. The van der Waals surface area contributed by atoms with Gasteiger partial charge in [-0.3, -0.25) is 4.79 Å². The maximum absolute atomic E-state index is 12.3. The van der Waals surface area contributed by atoms with Gasteiger partial charge in [0.05, 0.1) is 11.6 Å². The lowest BCUT2D eigenvalue weighted by molar-refractivity contribution is -0.120. The van der Waals surface area contributed by atoms with Crippen LogP contribution in [-0.4, -0.2) is 23.1 Å². The minimum Gasteiger partial charge on any atom is -0.506 e. The number of nitrogens with one attached hydrogen (secondary N) is 2. The normalized spacial score (nSPS) is 28.6. The van der Waals surface area contributed by atoms with Crippen molar-refractivity contribution in [3.05, 3.63) is 23.8 Å². The van der Waals surface area contributed by atoms with E-state index in [0.29, 0.717) is 17.8 Å². The average Bonchev–Trinajstić information content (AvgIpc) is 3.03. The highest BCUT2D eigenvalue weighted by molar-refractivity contribution is 5.94. The fourth-order valence-corrected chi connectivity index (χ4v) is 3.24. The van der Waals surface area contributed by atoms with Gasteiger partial charge in [0, 0.05) is 12.1 Å². The summed E-state index contributed by atoms with van der Waals surface area (Å²) in [5, 5.41) is 16.2. The third-order valence-corrected chi connectivity index (χ3v) is 4.36. The predicted molar refractivity (Wildman–Crippen MR) is 74.2 cm³/mol. The molecule has 0 spiro atoms. The van der Waals surface area contributed by atoms with Crippen molar-refractivity contribution in [1.29, 1.82) is 0 Å². The number of phenols is 1. The lowest BCUT2D eigenvalue weighted by Gasteiger charge is -2.20. The van der Waals surface area contributed by atoms with Crippen molar-refractivity contribution < 1.29 is 9.90 Å². The van der Waals surface area contributed by atoms with E-state index in [2.05, 4.69) is 17.6 Å². The molecule has 0 aromatic heterocycles. The molecule has 3 unspecified atom stereocenters. The van der Waals surface area contributed by atoms with E-state index >= 15 is 0 Å². The van der Waals surface area contributed by atoms with E-state index < -0.39 is 0 Å². The Bertz CT molecular complexity index is 501. The average molecular weight is 260 g/mol. The summed E-state index contributed by atoms with van der Waals surface area (Å²) in [4.78, 5) is 12.3. The zero-order valence-electron chi connectivity index (χ0n) is 11.1. The van der Waals surface area contributed by atoms with Crippen molar-refractivity contribution in [1.82, 2.24) is 5.32 Å². The van der Waals surface area contributed by atoms with Crippen molar-refractivity contribution >= 4 is 11.6 Å². The van der Waals surface area contributed by atoms with Crippen LogP contribution in [0.2, 0.25) is 0 Å². The molecular formula is C15H20N2O2. The van der Waals surface area contributed by atoms with E-state index in [1.165, 1.54) is 6.42 Å². The zero-order valence-corrected chi connectivity index (χ0v) is 11.1. The Balaban J connectivity index is 1.72. The lowest BCUT2D eigenvalue weighted by Crippen LogP contribution is -2.32. The monoisotopic (exact) mass is 260 g/mol. The van der Waals surface area contributed by atoms with E-state index in [0.717, 1.165) is 24.8 Å². The predicted octanol–water partition coefficient (Wildman–Crippen LogP) is 2.03. The Kier molecular flexibility index (Phi) is 3.19. The van der Waals surface area contributed by atoms with Crippen molar-refractivity contribution in [2.75, 3.05) is 5.32 Å². The number of hydrogen-bond acceptors (Lipinski definition) is 3. The summed E-state index contributed by atoms with van der Waals surface area (Å²) >= 11 is 0. The van der Waals surface area contributed by atoms with Crippen LogP contribution in [0, 0.1) is 5.92 Å². The second-order valence-corrected chi connectivity index (χ2v) is 5.58. The smallest absolute Gasteiger partial charge is 0.229 e. The molecule has 3 N–H and O–H groups in total. The van der Waals surface area contributed by atoms with Gasteiger partial charge in [-0.05, 0) is 43.4 Å². The standard InChI is InChI=1S/C15H20N2O2/c1-2-9-3-6-14(18)13(7-9)17-15(19)11-8-10-4-5-12(11)16-10/h3,6-7,10-12,16,18H,2,4-5,8H2,1H3,(H,17,19). The van der Waals surface area contributed by atoms with E-state index in [4.69, 9.17) is 0 Å². The van der Waals surface area contributed by atoms with Gasteiger partial charge >= 0.3 is 0 Å². The quantitative estimate of drug-likeness (QED) is 0.729. The number of rotatable bonds is 3. The van der Waals surface area contributed by atoms with E-state index in [-0.39, 0.29) is 17.6 Å². The lowest BCUT2D eigenvalue weighted by atomic mass is 9.88. The molecule has 2 saturated heterocycles. The number of hydrogen-bond donors (Lipinski definition) is 3. The van der Waals surface area contributed by atoms with Crippen LogP contribution in [0.5, 0.6) is 5.75 Å². The molecule has 2 aliphatic rings. The number of aromatic hydroxyl groups is 1. The van der Waals surface area contributed by atoms with Gasteiger partial charge in [-0.2, -0.15) is 0 Å². The minimum absolute atomic E-state index is 0.0308. The van der Waals surface area contributed by atoms with Gasteiger partial charge in [0.15, 0.2) is 0 Å². The number of aryl methyl sites for hydroxylation is 1. The first-order chi connectivity index (χ1) is 9.17. The van der Waals surface area contributed by atoms with Crippen molar-refractivity contribution in [2.45, 2.75) is 44.7 Å². The fraction of sp³-hybridized carbons (Fsp3) is 0.533. The van der Waals surface area contributed by atoms with Gasteiger partial charge in [0.25, 0.3) is 0 Å². The second kappa shape index (κ2) is 4.85. The molecule has 2 fully saturated rings. The highest BCUT2D eigenvalue weighted by Gasteiger charge is 2.42. The molecule has 3 rings (SSSR count). The molecule has 1 aromatic rings. The summed E-state index contributed by atoms with van der Waals surface area (Å²) < 4.78 is 0. The molecule has 2 heterocycles. The topological polar surface area (TPSA) is 61.4 Å². The van der Waals surface area contributed by atoms with E-state index in [1.54, 1.807) is 6.07 Å². The third kappa shape index (κ3) is 2.32. The first-order valence-electron chi connectivity index (χ1n) is 7.06. The first kappa shape index (κ1) is 12.5. The molecule has 1 aromatic carbocycles. The highest BCUT2D eigenvalue weighted by Crippen LogP contribution is 2.34. The van der Waals surface area contributed by atoms with Crippen LogP contribution in [0.15, 0.2) is 18.2 Å². The number of carbonyl (C=O) groups excluding carboxylic acids is 1. The molecule has 0 saturated carbocycles. The van der Waals surface area contributed by atoms with Crippen molar-refractivity contribution in [3.63, 3.8) is 0 Å². The Morgan fingerprint density at radius 2 is 2.32 bits per heavy atom. The van der Waals surface area contributed by atoms with Crippen LogP contribution >= 0.6 is 0 Å².